The van der Waals surface area contributed by atoms with Crippen molar-refractivity contribution in [3.63, 3.8) is 0 Å². The van der Waals surface area contributed by atoms with Gasteiger partial charge in [0.05, 0.1) is 0 Å². The lowest BCUT2D eigenvalue weighted by Crippen LogP contribution is -2.47. The molecule has 0 saturated carbocycles. The molecule has 1 fully saturated rings. The van der Waals surface area contributed by atoms with Crippen molar-refractivity contribution in [1.82, 2.24) is 14.9 Å². The van der Waals surface area contributed by atoms with E-state index >= 15 is 0 Å². The molecule has 0 aliphatic carbocycles. The summed E-state index contributed by atoms with van der Waals surface area (Å²) in [5.74, 6) is 0.836. The first-order valence-corrected chi connectivity index (χ1v) is 6.25. The number of aromatic nitrogens is 2. The number of hydrogen-bond donors (Lipinski definition) is 1. The molecule has 1 aliphatic rings. The maximum absolute atomic E-state index is 8.74. The van der Waals surface area contributed by atoms with Gasteiger partial charge >= 0.3 is 0 Å². The molecule has 0 atom stereocenters. The molecule has 1 aromatic rings. The second kappa shape index (κ2) is 6.51. The van der Waals surface area contributed by atoms with Crippen molar-refractivity contribution in [2.75, 3.05) is 44.2 Å². The van der Waals surface area contributed by atoms with Crippen LogP contribution in [-0.4, -0.2) is 59.3 Å². The average molecular weight is 236 g/mol. The second-order valence-electron chi connectivity index (χ2n) is 4.31. The maximum atomic E-state index is 8.74. The van der Waals surface area contributed by atoms with Crippen LogP contribution in [-0.2, 0) is 0 Å². The topological polar surface area (TPSA) is 52.5 Å². The van der Waals surface area contributed by atoms with Crippen LogP contribution in [0.2, 0.25) is 0 Å². The summed E-state index contributed by atoms with van der Waals surface area (Å²) in [4.78, 5) is 13.2. The van der Waals surface area contributed by atoms with E-state index in [4.69, 9.17) is 5.11 Å². The van der Waals surface area contributed by atoms with Crippen molar-refractivity contribution < 1.29 is 5.11 Å². The van der Waals surface area contributed by atoms with E-state index in [0.717, 1.165) is 51.5 Å². The number of aliphatic hydroxyl groups excluding tert-OH is 1. The second-order valence-corrected chi connectivity index (χ2v) is 4.31. The van der Waals surface area contributed by atoms with Crippen LogP contribution < -0.4 is 4.90 Å². The van der Waals surface area contributed by atoms with Gasteiger partial charge in [0.25, 0.3) is 0 Å². The predicted octanol–water partition coefficient (Wildman–Crippen LogP) is 0.371. The fourth-order valence-corrected chi connectivity index (χ4v) is 2.07. The number of nitrogens with zero attached hydrogens (tertiary/aromatic N) is 4. The number of aliphatic hydroxyl groups is 1. The summed E-state index contributed by atoms with van der Waals surface area (Å²) in [5.41, 5.74) is 0. The lowest BCUT2D eigenvalue weighted by Gasteiger charge is -2.34. The number of rotatable bonds is 5. The molecule has 0 bridgehead atoms. The number of hydrogen-bond acceptors (Lipinski definition) is 5. The monoisotopic (exact) mass is 236 g/mol. The van der Waals surface area contributed by atoms with E-state index < -0.39 is 0 Å². The number of piperazine rings is 1. The smallest absolute Gasteiger partial charge is 0.225 e. The molecule has 2 heterocycles. The van der Waals surface area contributed by atoms with Gasteiger partial charge < -0.3 is 10.0 Å². The van der Waals surface area contributed by atoms with E-state index in [2.05, 4.69) is 19.8 Å². The van der Waals surface area contributed by atoms with Crippen molar-refractivity contribution in [3.05, 3.63) is 18.5 Å². The Labute approximate surface area is 102 Å². The average Bonchev–Trinajstić information content (AvgIpc) is 2.41. The summed E-state index contributed by atoms with van der Waals surface area (Å²) in [6.07, 6.45) is 5.56. The summed E-state index contributed by atoms with van der Waals surface area (Å²) in [6.45, 7) is 5.49. The van der Waals surface area contributed by atoms with Crippen LogP contribution in [0.1, 0.15) is 12.8 Å². The lowest BCUT2D eigenvalue weighted by molar-refractivity contribution is 0.232. The van der Waals surface area contributed by atoms with Gasteiger partial charge in [-0.3, -0.25) is 4.90 Å². The minimum Gasteiger partial charge on any atom is -0.396 e. The molecule has 5 nitrogen and oxygen atoms in total. The van der Waals surface area contributed by atoms with Crippen LogP contribution in [0.4, 0.5) is 5.95 Å². The SMILES string of the molecule is OCCCCN1CCN(c2ncccn2)CC1. The summed E-state index contributed by atoms with van der Waals surface area (Å²) in [5, 5.41) is 8.74. The first-order valence-electron chi connectivity index (χ1n) is 6.25. The Morgan fingerprint density at radius 1 is 1.06 bits per heavy atom. The van der Waals surface area contributed by atoms with Crippen molar-refractivity contribution in [1.29, 1.82) is 0 Å². The first kappa shape index (κ1) is 12.3. The Morgan fingerprint density at radius 3 is 2.41 bits per heavy atom. The maximum Gasteiger partial charge on any atom is 0.225 e. The van der Waals surface area contributed by atoms with E-state index in [0.29, 0.717) is 6.61 Å². The molecule has 0 unspecified atom stereocenters. The fourth-order valence-electron chi connectivity index (χ4n) is 2.07. The summed E-state index contributed by atoms with van der Waals surface area (Å²) in [7, 11) is 0. The highest BCUT2D eigenvalue weighted by atomic mass is 16.2. The van der Waals surface area contributed by atoms with Crippen molar-refractivity contribution in [2.45, 2.75) is 12.8 Å². The van der Waals surface area contributed by atoms with Crippen molar-refractivity contribution >= 4 is 5.95 Å². The molecule has 0 aromatic carbocycles. The largest absolute Gasteiger partial charge is 0.396 e. The van der Waals surface area contributed by atoms with Gasteiger partial charge in [0, 0.05) is 45.2 Å². The van der Waals surface area contributed by atoms with Crippen LogP contribution in [0.5, 0.6) is 0 Å². The molecule has 5 heteroatoms. The molecule has 1 saturated heterocycles. The van der Waals surface area contributed by atoms with Crippen LogP contribution in [0.25, 0.3) is 0 Å². The highest BCUT2D eigenvalue weighted by Gasteiger charge is 2.17. The van der Waals surface area contributed by atoms with E-state index in [9.17, 15) is 0 Å². The normalized spacial score (nSPS) is 17.4. The Hall–Kier alpha value is -1.20. The molecule has 0 radical (unpaired) electrons. The third-order valence-electron chi connectivity index (χ3n) is 3.09. The zero-order chi connectivity index (χ0) is 11.9. The van der Waals surface area contributed by atoms with Gasteiger partial charge in [-0.25, -0.2) is 9.97 Å². The van der Waals surface area contributed by atoms with Gasteiger partial charge in [-0.15, -0.1) is 0 Å². The van der Waals surface area contributed by atoms with E-state index in [1.807, 2.05) is 6.07 Å². The molecule has 1 aromatic heterocycles. The standard InChI is InChI=1S/C12H20N4O/c17-11-2-1-6-15-7-9-16(10-8-15)12-13-4-3-5-14-12/h3-5,17H,1-2,6-11H2. The third-order valence-corrected chi connectivity index (χ3v) is 3.09. The van der Waals surface area contributed by atoms with Gasteiger partial charge in [0.2, 0.25) is 5.95 Å². The van der Waals surface area contributed by atoms with Crippen LogP contribution in [0.15, 0.2) is 18.5 Å². The summed E-state index contributed by atoms with van der Waals surface area (Å²) in [6, 6.07) is 1.84. The van der Waals surface area contributed by atoms with Crippen LogP contribution >= 0.6 is 0 Å². The zero-order valence-corrected chi connectivity index (χ0v) is 10.1. The number of anilines is 1. The molecule has 0 spiro atoms. The molecule has 2 rings (SSSR count). The van der Waals surface area contributed by atoms with Gasteiger partial charge in [-0.2, -0.15) is 0 Å². The minimum absolute atomic E-state index is 0.303. The number of unbranched alkanes of at least 4 members (excludes halogenated alkanes) is 1. The molecular weight excluding hydrogens is 216 g/mol. The Kier molecular flexibility index (Phi) is 4.70. The fraction of sp³-hybridized carbons (Fsp3) is 0.667. The zero-order valence-electron chi connectivity index (χ0n) is 10.1. The van der Waals surface area contributed by atoms with E-state index in [1.54, 1.807) is 12.4 Å². The third kappa shape index (κ3) is 3.64. The van der Waals surface area contributed by atoms with Crippen LogP contribution in [0, 0.1) is 0 Å². The highest BCUT2D eigenvalue weighted by molar-refractivity contribution is 5.29. The molecule has 1 N–H and O–H groups in total. The molecular formula is C12H20N4O. The van der Waals surface area contributed by atoms with Crippen molar-refractivity contribution in [2.24, 2.45) is 0 Å². The first-order chi connectivity index (χ1) is 8.40. The predicted molar refractivity (Wildman–Crippen MR) is 67.0 cm³/mol. The van der Waals surface area contributed by atoms with Crippen LogP contribution in [0.3, 0.4) is 0 Å². The Morgan fingerprint density at radius 2 is 1.76 bits per heavy atom. The van der Waals surface area contributed by atoms with Gasteiger partial charge in [-0.1, -0.05) is 0 Å². The Bertz CT molecular complexity index is 312. The summed E-state index contributed by atoms with van der Waals surface area (Å²) < 4.78 is 0. The Balaban J connectivity index is 1.74. The molecule has 94 valence electrons. The lowest BCUT2D eigenvalue weighted by atomic mass is 10.2. The highest BCUT2D eigenvalue weighted by Crippen LogP contribution is 2.09. The van der Waals surface area contributed by atoms with Crippen molar-refractivity contribution in [3.8, 4) is 0 Å². The van der Waals surface area contributed by atoms with E-state index in [1.165, 1.54) is 0 Å². The van der Waals surface area contributed by atoms with Gasteiger partial charge in [0.15, 0.2) is 0 Å². The molecule has 0 amide bonds. The molecule has 17 heavy (non-hydrogen) atoms. The molecule has 1 aliphatic heterocycles. The quantitative estimate of drug-likeness (QED) is 0.749. The van der Waals surface area contributed by atoms with Gasteiger partial charge in [0.1, 0.15) is 0 Å². The van der Waals surface area contributed by atoms with Gasteiger partial charge in [-0.05, 0) is 25.5 Å². The summed E-state index contributed by atoms with van der Waals surface area (Å²) >= 11 is 0. The minimum atomic E-state index is 0.303. The van der Waals surface area contributed by atoms with E-state index in [-0.39, 0.29) is 0 Å².